The molecule has 0 unspecified atom stereocenters. The normalized spacial score (nSPS) is 11.5. The van der Waals surface area contributed by atoms with Crippen LogP contribution in [0, 0.1) is 0 Å². The molecule has 0 atom stereocenters. The van der Waals surface area contributed by atoms with Gasteiger partial charge in [-0.15, -0.1) is 0 Å². The van der Waals surface area contributed by atoms with E-state index >= 15 is 0 Å². The van der Waals surface area contributed by atoms with E-state index in [2.05, 4.69) is 50.3 Å². The molecule has 9 nitrogen and oxygen atoms in total. The number of hydrogen-bond acceptors (Lipinski definition) is 8. The van der Waals surface area contributed by atoms with Crippen LogP contribution in [0.1, 0.15) is 0 Å². The summed E-state index contributed by atoms with van der Waals surface area (Å²) in [7, 11) is 2.06. The number of thiazole rings is 1. The number of ether oxygens (including phenoxy) is 1. The number of aromatic nitrogens is 2. The lowest BCUT2D eigenvalue weighted by Crippen LogP contribution is -2.23. The van der Waals surface area contributed by atoms with E-state index in [1.165, 1.54) is 11.3 Å². The van der Waals surface area contributed by atoms with Crippen molar-refractivity contribution in [1.29, 1.82) is 0 Å². The maximum Gasteiger partial charge on any atom is 0.411 e. The Morgan fingerprint density at radius 3 is 2.25 bits per heavy atom. The monoisotopic (exact) mass is 474 g/mol. The highest BCUT2D eigenvalue weighted by Gasteiger charge is 2.19. The van der Waals surface area contributed by atoms with Crippen molar-refractivity contribution in [3.63, 3.8) is 0 Å². The van der Waals surface area contributed by atoms with Crippen LogP contribution in [-0.2, 0) is 28.7 Å². The number of benzene rings is 2. The highest BCUT2D eigenvalue weighted by atomic mass is 32.3. The molecular formula is C21H22N4O5S2. The first-order valence-corrected chi connectivity index (χ1v) is 11.5. The van der Waals surface area contributed by atoms with Crippen molar-refractivity contribution in [3.8, 4) is 16.3 Å². The van der Waals surface area contributed by atoms with E-state index in [9.17, 15) is 13.0 Å². The predicted molar refractivity (Wildman–Crippen MR) is 121 cm³/mol. The van der Waals surface area contributed by atoms with Crippen LogP contribution >= 0.6 is 11.3 Å². The molecular weight excluding hydrogens is 452 g/mol. The van der Waals surface area contributed by atoms with Crippen molar-refractivity contribution in [2.24, 2.45) is 24.3 Å². The minimum Gasteiger partial charge on any atom is -0.726 e. The van der Waals surface area contributed by atoms with Gasteiger partial charge in [-0.25, -0.2) is 13.0 Å². The minimum atomic E-state index is -4.41. The summed E-state index contributed by atoms with van der Waals surface area (Å²) in [6, 6.07) is 18.6. The molecule has 32 heavy (non-hydrogen) atoms. The van der Waals surface area contributed by atoms with Crippen LogP contribution in [0.5, 0.6) is 5.06 Å². The second-order valence-corrected chi connectivity index (χ2v) is 8.68. The first-order chi connectivity index (χ1) is 15.2. The second-order valence-electron chi connectivity index (χ2n) is 6.56. The van der Waals surface area contributed by atoms with Crippen molar-refractivity contribution in [2.75, 3.05) is 14.2 Å². The van der Waals surface area contributed by atoms with Crippen LogP contribution in [0.4, 0.5) is 10.8 Å². The summed E-state index contributed by atoms with van der Waals surface area (Å²) in [4.78, 5) is 0. The number of fused-ring (bicyclic) bond motifs is 1. The van der Waals surface area contributed by atoms with Crippen LogP contribution in [-0.4, -0.2) is 31.8 Å². The number of rotatable bonds is 5. The summed E-state index contributed by atoms with van der Waals surface area (Å²) < 4.78 is 40.4. The maximum atomic E-state index is 9.22. The highest BCUT2D eigenvalue weighted by molar-refractivity contribution is 7.80. The molecule has 0 fully saturated rings. The van der Waals surface area contributed by atoms with E-state index in [4.69, 9.17) is 4.74 Å². The van der Waals surface area contributed by atoms with E-state index in [1.54, 1.807) is 7.11 Å². The number of methoxy groups -OCH3 is 1. The van der Waals surface area contributed by atoms with Gasteiger partial charge >= 0.3 is 5.13 Å². The predicted octanol–water partition coefficient (Wildman–Crippen LogP) is 4.25. The molecule has 2 aromatic heterocycles. The van der Waals surface area contributed by atoms with Gasteiger partial charge in [-0.2, -0.15) is 0 Å². The van der Waals surface area contributed by atoms with Gasteiger partial charge in [-0.1, -0.05) is 48.5 Å². The molecule has 0 aliphatic heterocycles. The molecule has 0 saturated carbocycles. The summed E-state index contributed by atoms with van der Waals surface area (Å²) in [5.41, 5.74) is 4.19. The van der Waals surface area contributed by atoms with Crippen molar-refractivity contribution in [3.05, 3.63) is 60.8 Å². The van der Waals surface area contributed by atoms with Gasteiger partial charge in [0, 0.05) is 18.0 Å². The molecule has 4 rings (SSSR count). The molecule has 0 aliphatic carbocycles. The van der Waals surface area contributed by atoms with Gasteiger partial charge in [-0.05, 0) is 22.5 Å². The molecule has 0 amide bonds. The Bertz CT molecular complexity index is 1350. The van der Waals surface area contributed by atoms with E-state index in [-0.39, 0.29) is 0 Å². The van der Waals surface area contributed by atoms with E-state index in [0.717, 1.165) is 45.2 Å². The highest BCUT2D eigenvalue weighted by Crippen LogP contribution is 2.40. The molecule has 2 aromatic carbocycles. The number of nitrogens with zero attached hydrogens (tertiary/aromatic N) is 4. The van der Waals surface area contributed by atoms with E-state index in [0.29, 0.717) is 0 Å². The zero-order chi connectivity index (χ0) is 23.3. The van der Waals surface area contributed by atoms with Crippen LogP contribution in [0.15, 0.2) is 71.0 Å². The topological polar surface area (TPSA) is 109 Å². The third kappa shape index (κ3) is 5.37. The van der Waals surface area contributed by atoms with Gasteiger partial charge < -0.3 is 13.9 Å². The summed E-state index contributed by atoms with van der Waals surface area (Å²) >= 11 is 1.47. The third-order valence-electron chi connectivity index (χ3n) is 4.56. The number of para-hydroxylation sites is 1. The summed E-state index contributed by atoms with van der Waals surface area (Å²) in [6.07, 6.45) is 1.90. The van der Waals surface area contributed by atoms with E-state index < -0.39 is 10.4 Å². The quantitative estimate of drug-likeness (QED) is 0.186. The second kappa shape index (κ2) is 10.0. The van der Waals surface area contributed by atoms with Crippen molar-refractivity contribution >= 4 is 43.5 Å². The van der Waals surface area contributed by atoms with Crippen LogP contribution in [0.25, 0.3) is 22.2 Å². The first-order valence-electron chi connectivity index (χ1n) is 9.34. The smallest absolute Gasteiger partial charge is 0.411 e. The Morgan fingerprint density at radius 1 is 1.03 bits per heavy atom. The molecule has 168 valence electrons. The molecule has 0 radical (unpaired) electrons. The Morgan fingerprint density at radius 2 is 1.66 bits per heavy atom. The lowest BCUT2D eigenvalue weighted by atomic mass is 10.1. The van der Waals surface area contributed by atoms with Gasteiger partial charge in [0.2, 0.25) is 15.5 Å². The maximum absolute atomic E-state index is 9.22. The SMILES string of the molecule is COS(=O)(=O)[O-].COc1c[n+](C)c(N=Nc2c(-c3ccccc3)n(C)c3ccccc23)s1. The van der Waals surface area contributed by atoms with Crippen LogP contribution in [0.3, 0.4) is 0 Å². The zero-order valence-electron chi connectivity index (χ0n) is 17.9. The largest absolute Gasteiger partial charge is 0.726 e. The van der Waals surface area contributed by atoms with Crippen LogP contribution in [0.2, 0.25) is 0 Å². The standard InChI is InChI=1S/C20H19N4OS.CH4O4S/c1-23-13-17(25-3)26-20(23)22-21-18-15-11-7-8-12-16(15)24(2)19(18)14-9-5-4-6-10-14;1-5-6(2,3)4/h4-13H,1-3H3;1H3,(H,2,3,4)/q+1;/p-1. The fraction of sp³-hybridized carbons (Fsp3) is 0.190. The van der Waals surface area contributed by atoms with Crippen LogP contribution < -0.4 is 9.30 Å². The van der Waals surface area contributed by atoms with Gasteiger partial charge in [0.25, 0.3) is 0 Å². The third-order valence-corrected chi connectivity index (χ3v) is 5.99. The molecule has 0 bridgehead atoms. The Kier molecular flexibility index (Phi) is 7.36. The van der Waals surface area contributed by atoms with E-state index in [1.807, 2.05) is 48.1 Å². The molecule has 0 aliphatic rings. The average molecular weight is 475 g/mol. The lowest BCUT2D eigenvalue weighted by Gasteiger charge is -2.04. The molecule has 2 heterocycles. The van der Waals surface area contributed by atoms with Crippen molar-refractivity contribution < 1.29 is 26.5 Å². The van der Waals surface area contributed by atoms with Crippen molar-refractivity contribution in [1.82, 2.24) is 4.57 Å². The Labute approximate surface area is 190 Å². The summed E-state index contributed by atoms with van der Waals surface area (Å²) in [6.45, 7) is 0. The number of aryl methyl sites for hydroxylation is 2. The Hall–Kier alpha value is -3.12. The molecule has 4 aromatic rings. The van der Waals surface area contributed by atoms with Gasteiger partial charge in [-0.3, -0.25) is 4.18 Å². The van der Waals surface area contributed by atoms with Gasteiger partial charge in [0.1, 0.15) is 11.9 Å². The summed E-state index contributed by atoms with van der Waals surface area (Å²) in [5.74, 6) is 0. The van der Waals surface area contributed by atoms with Gasteiger partial charge in [0.05, 0.1) is 37.6 Å². The zero-order valence-corrected chi connectivity index (χ0v) is 19.6. The molecule has 0 N–H and O–H groups in total. The Balaban J connectivity index is 0.000000427. The number of azo groups is 1. The average Bonchev–Trinajstić information content (AvgIpc) is 3.29. The van der Waals surface area contributed by atoms with Gasteiger partial charge in [0.15, 0.2) is 0 Å². The molecule has 0 spiro atoms. The minimum absolute atomic E-state index is 0.786. The fourth-order valence-corrected chi connectivity index (χ4v) is 3.83. The summed E-state index contributed by atoms with van der Waals surface area (Å²) in [5, 5.41) is 11.8. The fourth-order valence-electron chi connectivity index (χ4n) is 3.08. The molecule has 0 saturated heterocycles. The lowest BCUT2D eigenvalue weighted by molar-refractivity contribution is -0.654. The first kappa shape index (κ1) is 23.5. The molecule has 11 heteroatoms. The number of hydrogen-bond donors (Lipinski definition) is 0. The van der Waals surface area contributed by atoms with Crippen molar-refractivity contribution in [2.45, 2.75) is 0 Å².